The predicted octanol–water partition coefficient (Wildman–Crippen LogP) is 2.34. The van der Waals surface area contributed by atoms with Crippen LogP contribution in [-0.2, 0) is 0 Å². The van der Waals surface area contributed by atoms with Gasteiger partial charge >= 0.3 is 0 Å². The van der Waals surface area contributed by atoms with Gasteiger partial charge in [0.25, 0.3) is 6.43 Å². The largest absolute Gasteiger partial charge is 0.495 e. The zero-order chi connectivity index (χ0) is 9.14. The fraction of sp³-hybridized carbons (Fsp3) is 0.375. The lowest BCUT2D eigenvalue weighted by molar-refractivity contribution is 0.141. The molecule has 0 aromatic carbocycles. The van der Waals surface area contributed by atoms with Crippen molar-refractivity contribution in [3.05, 3.63) is 23.5 Å². The molecule has 1 aromatic rings. The van der Waals surface area contributed by atoms with E-state index in [1.54, 1.807) is 6.92 Å². The SMILES string of the molecule is COc1cc(C)cnc1C(F)F. The van der Waals surface area contributed by atoms with Gasteiger partial charge in [-0.15, -0.1) is 0 Å². The molecule has 0 aliphatic rings. The van der Waals surface area contributed by atoms with Crippen molar-refractivity contribution in [2.75, 3.05) is 7.11 Å². The van der Waals surface area contributed by atoms with Crippen LogP contribution in [0.1, 0.15) is 17.7 Å². The lowest BCUT2D eigenvalue weighted by atomic mass is 10.2. The Balaban J connectivity index is 3.11. The van der Waals surface area contributed by atoms with Crippen molar-refractivity contribution in [2.24, 2.45) is 0 Å². The highest BCUT2D eigenvalue weighted by Crippen LogP contribution is 2.26. The third-order valence-electron chi connectivity index (χ3n) is 1.45. The minimum absolute atomic E-state index is 0.144. The molecule has 0 bridgehead atoms. The van der Waals surface area contributed by atoms with E-state index in [9.17, 15) is 8.78 Å². The summed E-state index contributed by atoms with van der Waals surface area (Å²) in [6.07, 6.45) is -1.19. The van der Waals surface area contributed by atoms with Gasteiger partial charge in [0.2, 0.25) is 0 Å². The second-order valence-corrected chi connectivity index (χ2v) is 2.40. The van der Waals surface area contributed by atoms with Gasteiger partial charge in [-0.2, -0.15) is 0 Å². The van der Waals surface area contributed by atoms with Gasteiger partial charge in [0, 0.05) is 6.20 Å². The molecule has 2 nitrogen and oxygen atoms in total. The number of rotatable bonds is 2. The number of alkyl halides is 2. The van der Waals surface area contributed by atoms with Crippen molar-refractivity contribution in [2.45, 2.75) is 13.3 Å². The van der Waals surface area contributed by atoms with E-state index < -0.39 is 6.43 Å². The zero-order valence-corrected chi connectivity index (χ0v) is 6.84. The highest BCUT2D eigenvalue weighted by Gasteiger charge is 2.14. The first-order chi connectivity index (χ1) is 5.65. The summed E-state index contributed by atoms with van der Waals surface area (Å²) in [5, 5.41) is 0. The first kappa shape index (κ1) is 8.90. The van der Waals surface area contributed by atoms with Gasteiger partial charge in [-0.3, -0.25) is 4.98 Å². The molecule has 0 spiro atoms. The van der Waals surface area contributed by atoms with Gasteiger partial charge in [-0.25, -0.2) is 8.78 Å². The number of hydrogen-bond donors (Lipinski definition) is 0. The molecule has 0 atom stereocenters. The van der Waals surface area contributed by atoms with Crippen LogP contribution >= 0.6 is 0 Å². The van der Waals surface area contributed by atoms with Crippen LogP contribution < -0.4 is 4.74 Å². The third-order valence-corrected chi connectivity index (χ3v) is 1.45. The zero-order valence-electron chi connectivity index (χ0n) is 6.84. The lowest BCUT2D eigenvalue weighted by Crippen LogP contribution is -1.96. The average molecular weight is 173 g/mol. The molecule has 4 heteroatoms. The molecule has 0 fully saturated rings. The van der Waals surface area contributed by atoms with Crippen molar-refractivity contribution >= 4 is 0 Å². The topological polar surface area (TPSA) is 22.1 Å². The van der Waals surface area contributed by atoms with Gasteiger partial charge in [-0.05, 0) is 18.6 Å². The van der Waals surface area contributed by atoms with E-state index in [4.69, 9.17) is 4.74 Å². The minimum atomic E-state index is -2.58. The van der Waals surface area contributed by atoms with E-state index >= 15 is 0 Å². The summed E-state index contributed by atoms with van der Waals surface area (Å²) in [6, 6.07) is 1.54. The normalized spacial score (nSPS) is 10.4. The Morgan fingerprint density at radius 1 is 1.50 bits per heavy atom. The fourth-order valence-corrected chi connectivity index (χ4v) is 0.880. The Morgan fingerprint density at radius 3 is 2.67 bits per heavy atom. The van der Waals surface area contributed by atoms with Gasteiger partial charge in [0.05, 0.1) is 7.11 Å². The van der Waals surface area contributed by atoms with E-state index in [0.717, 1.165) is 5.56 Å². The van der Waals surface area contributed by atoms with Crippen LogP contribution in [-0.4, -0.2) is 12.1 Å². The molecule has 66 valence electrons. The number of hydrogen-bond acceptors (Lipinski definition) is 2. The Labute approximate surface area is 69.2 Å². The van der Waals surface area contributed by atoms with Crippen molar-refractivity contribution in [3.63, 3.8) is 0 Å². The highest BCUT2D eigenvalue weighted by atomic mass is 19.3. The maximum Gasteiger partial charge on any atom is 0.284 e. The van der Waals surface area contributed by atoms with E-state index in [0.29, 0.717) is 0 Å². The van der Waals surface area contributed by atoms with Crippen LogP contribution in [0.4, 0.5) is 8.78 Å². The lowest BCUT2D eigenvalue weighted by Gasteiger charge is -2.06. The molecule has 1 aromatic heterocycles. The molecule has 1 heterocycles. The monoisotopic (exact) mass is 173 g/mol. The van der Waals surface area contributed by atoms with Crippen LogP contribution in [0.2, 0.25) is 0 Å². The van der Waals surface area contributed by atoms with Crippen molar-refractivity contribution in [3.8, 4) is 5.75 Å². The molecule has 0 aliphatic carbocycles. The van der Waals surface area contributed by atoms with Gasteiger partial charge in [0.1, 0.15) is 11.4 Å². The highest BCUT2D eigenvalue weighted by molar-refractivity contribution is 5.31. The number of aromatic nitrogens is 1. The molecule has 0 radical (unpaired) electrons. The van der Waals surface area contributed by atoms with Crippen molar-refractivity contribution in [1.29, 1.82) is 0 Å². The maximum absolute atomic E-state index is 12.2. The summed E-state index contributed by atoms with van der Waals surface area (Å²) in [7, 11) is 1.35. The van der Waals surface area contributed by atoms with Gasteiger partial charge in [0.15, 0.2) is 0 Å². The molecule has 0 unspecified atom stereocenters. The molecule has 0 amide bonds. The van der Waals surface area contributed by atoms with Crippen molar-refractivity contribution in [1.82, 2.24) is 4.98 Å². The van der Waals surface area contributed by atoms with Gasteiger partial charge in [-0.1, -0.05) is 0 Å². The average Bonchev–Trinajstić information content (AvgIpc) is 2.03. The Bertz CT molecular complexity index is 276. The summed E-state index contributed by atoms with van der Waals surface area (Å²) >= 11 is 0. The van der Waals surface area contributed by atoms with Crippen LogP contribution in [0.3, 0.4) is 0 Å². The molecule has 0 saturated heterocycles. The second kappa shape index (κ2) is 3.47. The summed E-state index contributed by atoms with van der Waals surface area (Å²) in [4.78, 5) is 3.57. The molecular weight excluding hydrogens is 164 g/mol. The first-order valence-electron chi connectivity index (χ1n) is 3.44. The van der Waals surface area contributed by atoms with E-state index in [1.807, 2.05) is 0 Å². The summed E-state index contributed by atoms with van der Waals surface area (Å²) < 4.78 is 29.2. The van der Waals surface area contributed by atoms with Crippen LogP contribution in [0.15, 0.2) is 12.3 Å². The van der Waals surface area contributed by atoms with Gasteiger partial charge < -0.3 is 4.74 Å². The van der Waals surface area contributed by atoms with Crippen LogP contribution in [0.5, 0.6) is 5.75 Å². The summed E-state index contributed by atoms with van der Waals surface area (Å²) in [5.74, 6) is 0.144. The number of pyridine rings is 1. The summed E-state index contributed by atoms with van der Waals surface area (Å²) in [6.45, 7) is 1.77. The third kappa shape index (κ3) is 1.69. The molecule has 0 saturated carbocycles. The number of nitrogens with zero attached hydrogens (tertiary/aromatic N) is 1. The molecule has 12 heavy (non-hydrogen) atoms. The Kier molecular flexibility index (Phi) is 2.58. The fourth-order valence-electron chi connectivity index (χ4n) is 0.880. The maximum atomic E-state index is 12.2. The second-order valence-electron chi connectivity index (χ2n) is 2.40. The number of methoxy groups -OCH3 is 1. The van der Waals surface area contributed by atoms with E-state index in [2.05, 4.69) is 4.98 Å². The molecule has 0 aliphatic heterocycles. The number of halogens is 2. The molecule has 1 rings (SSSR count). The first-order valence-corrected chi connectivity index (χ1v) is 3.44. The Hall–Kier alpha value is -1.19. The van der Waals surface area contributed by atoms with Crippen LogP contribution in [0.25, 0.3) is 0 Å². The Morgan fingerprint density at radius 2 is 2.17 bits per heavy atom. The molecular formula is C8H9F2NO. The predicted molar refractivity (Wildman–Crippen MR) is 40.5 cm³/mol. The quantitative estimate of drug-likeness (QED) is 0.684. The van der Waals surface area contributed by atoms with E-state index in [-0.39, 0.29) is 11.4 Å². The molecule has 0 N–H and O–H groups in total. The minimum Gasteiger partial charge on any atom is -0.495 e. The van der Waals surface area contributed by atoms with E-state index in [1.165, 1.54) is 19.4 Å². The number of aryl methyl sites for hydroxylation is 1. The standard InChI is InChI=1S/C8H9F2NO/c1-5-3-6(12-2)7(8(9)10)11-4-5/h3-4,8H,1-2H3. The summed E-state index contributed by atoms with van der Waals surface area (Å²) in [5.41, 5.74) is 0.499. The van der Waals surface area contributed by atoms with Crippen molar-refractivity contribution < 1.29 is 13.5 Å². The smallest absolute Gasteiger partial charge is 0.284 e. The van der Waals surface area contributed by atoms with Crippen LogP contribution in [0, 0.1) is 6.92 Å². The number of ether oxygens (including phenoxy) is 1.